The van der Waals surface area contributed by atoms with Crippen LogP contribution in [-0.2, 0) is 32.2 Å². The Morgan fingerprint density at radius 1 is 1.04 bits per heavy atom. The number of halogens is 1. The molecule has 0 spiro atoms. The summed E-state index contributed by atoms with van der Waals surface area (Å²) in [5.41, 5.74) is -0.600. The summed E-state index contributed by atoms with van der Waals surface area (Å²) in [6.07, 6.45) is 6.71. The summed E-state index contributed by atoms with van der Waals surface area (Å²) in [7, 11) is 0. The number of nitrogens with one attached hydrogen (secondary N) is 2. The minimum absolute atomic E-state index is 0.173. The average molecular weight is 654 g/mol. The Morgan fingerprint density at radius 2 is 1.81 bits per heavy atom. The molecule has 0 bridgehead atoms. The zero-order valence-electron chi connectivity index (χ0n) is 27.2. The largest absolute Gasteiger partial charge is 0.479 e. The SMILES string of the molecule is CC(C)(C)OC(=O)N[C@@H]1CCCCC/C=C\[C@H]2C[C@@]2(C(=O)O)NC(=O)[C@@H]2[C@H]3CN(C(=O)N4Cc5ccc(F)cc5C4)C[C@H]3CN2C1=O. The number of nitrogens with zero attached hydrogens (tertiary/aromatic N) is 3. The van der Waals surface area contributed by atoms with Crippen molar-refractivity contribution in [3.8, 4) is 0 Å². The number of carboxylic acids is 1. The van der Waals surface area contributed by atoms with Crippen LogP contribution in [0.15, 0.2) is 30.4 Å². The van der Waals surface area contributed by atoms with E-state index in [0.717, 1.165) is 30.4 Å². The summed E-state index contributed by atoms with van der Waals surface area (Å²) < 4.78 is 19.3. The lowest BCUT2D eigenvalue weighted by Crippen LogP contribution is -2.58. The summed E-state index contributed by atoms with van der Waals surface area (Å²) in [5.74, 6) is -3.53. The van der Waals surface area contributed by atoms with Crippen molar-refractivity contribution in [1.29, 1.82) is 0 Å². The Hall–Kier alpha value is -4.16. The Kier molecular flexibility index (Phi) is 8.69. The van der Waals surface area contributed by atoms with Gasteiger partial charge in [-0.1, -0.05) is 31.1 Å². The number of fused-ring (bicyclic) bond motifs is 5. The van der Waals surface area contributed by atoms with Crippen LogP contribution in [0.25, 0.3) is 0 Å². The van der Waals surface area contributed by atoms with Crippen molar-refractivity contribution < 1.29 is 38.2 Å². The summed E-state index contributed by atoms with van der Waals surface area (Å²) in [6, 6.07) is 2.29. The van der Waals surface area contributed by atoms with Crippen molar-refractivity contribution in [2.45, 2.75) is 95.6 Å². The van der Waals surface area contributed by atoms with Crippen molar-refractivity contribution in [2.75, 3.05) is 19.6 Å². The fourth-order valence-corrected chi connectivity index (χ4v) is 7.67. The van der Waals surface area contributed by atoms with Gasteiger partial charge >= 0.3 is 18.1 Å². The third-order valence-corrected chi connectivity index (χ3v) is 10.1. The minimum atomic E-state index is -1.46. The van der Waals surface area contributed by atoms with Gasteiger partial charge in [0.05, 0.1) is 0 Å². The van der Waals surface area contributed by atoms with E-state index < -0.39 is 53.0 Å². The van der Waals surface area contributed by atoms with Gasteiger partial charge in [-0.25, -0.2) is 18.8 Å². The van der Waals surface area contributed by atoms with Gasteiger partial charge in [0.25, 0.3) is 0 Å². The Labute approximate surface area is 273 Å². The van der Waals surface area contributed by atoms with Gasteiger partial charge in [-0.3, -0.25) is 9.59 Å². The van der Waals surface area contributed by atoms with Crippen LogP contribution >= 0.6 is 0 Å². The van der Waals surface area contributed by atoms with Crippen LogP contribution in [0.5, 0.6) is 0 Å². The van der Waals surface area contributed by atoms with E-state index in [4.69, 9.17) is 4.74 Å². The highest BCUT2D eigenvalue weighted by atomic mass is 19.1. The van der Waals surface area contributed by atoms with E-state index in [1.807, 2.05) is 12.2 Å². The molecule has 0 radical (unpaired) electrons. The van der Waals surface area contributed by atoms with Crippen LogP contribution in [0, 0.1) is 23.6 Å². The maximum absolute atomic E-state index is 14.3. The Morgan fingerprint density at radius 3 is 2.55 bits per heavy atom. The third-order valence-electron chi connectivity index (χ3n) is 10.1. The molecule has 6 atom stereocenters. The van der Waals surface area contributed by atoms with E-state index in [1.54, 1.807) is 36.6 Å². The van der Waals surface area contributed by atoms with Crippen molar-refractivity contribution >= 4 is 29.9 Å². The normalized spacial score (nSPS) is 31.4. The first-order valence-corrected chi connectivity index (χ1v) is 16.6. The van der Waals surface area contributed by atoms with Crippen LogP contribution in [0.1, 0.15) is 70.4 Å². The molecule has 4 aliphatic heterocycles. The molecule has 0 aromatic heterocycles. The van der Waals surface area contributed by atoms with Gasteiger partial charge in [-0.05, 0) is 69.7 Å². The first-order chi connectivity index (χ1) is 22.3. The van der Waals surface area contributed by atoms with Gasteiger partial charge in [-0.2, -0.15) is 0 Å². The molecular formula is C34H44FN5O7. The Bertz CT molecular complexity index is 1490. The van der Waals surface area contributed by atoms with Gasteiger partial charge in [0.1, 0.15) is 29.0 Å². The van der Waals surface area contributed by atoms with Crippen LogP contribution in [0.3, 0.4) is 0 Å². The summed E-state index contributed by atoms with van der Waals surface area (Å²) >= 11 is 0. The number of carboxylic acid groups (broad SMARTS) is 1. The quantitative estimate of drug-likeness (QED) is 0.415. The second-order valence-electron chi connectivity index (χ2n) is 14.7. The number of hydrogen-bond donors (Lipinski definition) is 3. The van der Waals surface area contributed by atoms with Gasteiger partial charge < -0.3 is 35.2 Å². The van der Waals surface area contributed by atoms with Gasteiger partial charge in [0.15, 0.2) is 0 Å². The predicted octanol–water partition coefficient (Wildman–Crippen LogP) is 3.39. The molecule has 1 aliphatic carbocycles. The second-order valence-corrected chi connectivity index (χ2v) is 14.7. The van der Waals surface area contributed by atoms with Crippen molar-refractivity contribution in [3.63, 3.8) is 0 Å². The van der Waals surface area contributed by atoms with E-state index in [2.05, 4.69) is 10.6 Å². The Balaban J connectivity index is 1.25. The zero-order valence-corrected chi connectivity index (χ0v) is 27.2. The van der Waals surface area contributed by atoms with Crippen molar-refractivity contribution in [2.24, 2.45) is 17.8 Å². The number of aliphatic carboxylic acids is 1. The first kappa shape index (κ1) is 32.8. The minimum Gasteiger partial charge on any atom is -0.479 e. The molecule has 254 valence electrons. The molecule has 3 fully saturated rings. The zero-order chi connectivity index (χ0) is 33.7. The van der Waals surface area contributed by atoms with Gasteiger partial charge in [-0.15, -0.1) is 0 Å². The molecule has 5 amide bonds. The maximum atomic E-state index is 14.3. The summed E-state index contributed by atoms with van der Waals surface area (Å²) in [5, 5.41) is 15.7. The van der Waals surface area contributed by atoms with E-state index in [0.29, 0.717) is 25.9 Å². The topological polar surface area (TPSA) is 149 Å². The number of urea groups is 1. The van der Waals surface area contributed by atoms with E-state index in [9.17, 15) is 33.5 Å². The number of hydrogen-bond acceptors (Lipinski definition) is 6. The number of carbonyl (C=O) groups is 5. The van der Waals surface area contributed by atoms with Crippen molar-refractivity contribution in [1.82, 2.24) is 25.3 Å². The highest BCUT2D eigenvalue weighted by Gasteiger charge is 2.63. The molecule has 6 rings (SSSR count). The van der Waals surface area contributed by atoms with E-state index in [-0.39, 0.29) is 49.7 Å². The molecule has 47 heavy (non-hydrogen) atoms. The van der Waals surface area contributed by atoms with Crippen LogP contribution in [0.2, 0.25) is 0 Å². The predicted molar refractivity (Wildman–Crippen MR) is 167 cm³/mol. The number of alkyl carbamates (subject to hydrolysis) is 1. The highest BCUT2D eigenvalue weighted by Crippen LogP contribution is 2.46. The molecule has 5 aliphatic rings. The molecule has 0 unspecified atom stereocenters. The molecule has 13 heteroatoms. The van der Waals surface area contributed by atoms with Crippen LogP contribution in [0.4, 0.5) is 14.0 Å². The lowest BCUT2D eigenvalue weighted by atomic mass is 9.93. The van der Waals surface area contributed by atoms with Crippen molar-refractivity contribution in [3.05, 3.63) is 47.3 Å². The number of amides is 5. The molecule has 12 nitrogen and oxygen atoms in total. The smallest absolute Gasteiger partial charge is 0.408 e. The first-order valence-electron chi connectivity index (χ1n) is 16.6. The number of allylic oxidation sites excluding steroid dienone is 1. The molecule has 1 aromatic carbocycles. The molecular weight excluding hydrogens is 609 g/mol. The number of benzene rings is 1. The fraction of sp³-hybridized carbons (Fsp3) is 0.618. The highest BCUT2D eigenvalue weighted by molar-refractivity contribution is 5.96. The average Bonchev–Trinajstić information content (AvgIpc) is 3.27. The monoisotopic (exact) mass is 653 g/mol. The number of ether oxygens (including phenoxy) is 1. The van der Waals surface area contributed by atoms with Crippen LogP contribution < -0.4 is 10.6 Å². The maximum Gasteiger partial charge on any atom is 0.408 e. The van der Waals surface area contributed by atoms with Gasteiger partial charge in [0, 0.05) is 50.5 Å². The molecule has 1 saturated carbocycles. The number of likely N-dealkylation sites (tertiary alicyclic amines) is 1. The van der Waals surface area contributed by atoms with E-state index in [1.165, 1.54) is 17.0 Å². The second kappa shape index (κ2) is 12.5. The number of rotatable bonds is 2. The lowest BCUT2D eigenvalue weighted by molar-refractivity contribution is -0.146. The van der Waals surface area contributed by atoms with E-state index >= 15 is 0 Å². The molecule has 4 heterocycles. The standard InChI is InChI=1S/C34H44FN5O7/c1-33(2,3)47-31(45)36-26-10-8-6-4-5-7-9-23-14-34(23,30(43)44)37-28(41)27-25-19-39(17-22(25)18-40(27)29(26)42)32(46)38-15-20-11-12-24(35)13-21(20)16-38/h7,9,11-13,22-23,25-27H,4-6,8,10,14-19H2,1-3H3,(H,36,45)(H,37,41)(H,43,44)/b9-7-/t22-,23-,25-,26+,27-,34+/m0/s1. The third kappa shape index (κ3) is 6.66. The summed E-state index contributed by atoms with van der Waals surface area (Å²) in [6.45, 7) is 6.50. The number of carbonyl (C=O) groups excluding carboxylic acids is 4. The molecule has 1 aromatic rings. The summed E-state index contributed by atoms with van der Waals surface area (Å²) in [4.78, 5) is 72.1. The fourth-order valence-electron chi connectivity index (χ4n) is 7.67. The molecule has 2 saturated heterocycles. The van der Waals surface area contributed by atoms with Gasteiger partial charge in [0.2, 0.25) is 11.8 Å². The molecule has 3 N–H and O–H groups in total. The van der Waals surface area contributed by atoms with Crippen LogP contribution in [-0.4, -0.2) is 92.6 Å². The lowest BCUT2D eigenvalue weighted by Gasteiger charge is -2.33.